The second-order valence-corrected chi connectivity index (χ2v) is 9.65. The molecule has 1 aromatic rings. The number of allylic oxidation sites excluding steroid dienone is 3. The van der Waals surface area contributed by atoms with Gasteiger partial charge in [0, 0.05) is 11.8 Å². The van der Waals surface area contributed by atoms with Crippen LogP contribution in [0.3, 0.4) is 0 Å². The standard InChI is InChI=1S/C16H23ClN4O2S/c1-10-12(8-20-14(18)21-10)11-5-6-13(17)16(7-11,24(19,22)23)9-15(2,3)4/h5-8,13H,9H2,1-4H3,(H2,18,20,21)(H2,19,22,23). The van der Waals surface area contributed by atoms with E-state index in [1.54, 1.807) is 31.3 Å². The number of hydrogen-bond donors (Lipinski definition) is 2. The molecule has 1 aliphatic carbocycles. The fraction of sp³-hybridized carbons (Fsp3) is 0.500. The Labute approximate surface area is 148 Å². The van der Waals surface area contributed by atoms with E-state index in [1.165, 1.54) is 0 Å². The minimum absolute atomic E-state index is 0.166. The monoisotopic (exact) mass is 370 g/mol. The summed E-state index contributed by atoms with van der Waals surface area (Å²) in [6.07, 6.45) is 6.92. The van der Waals surface area contributed by atoms with Gasteiger partial charge in [-0.15, -0.1) is 11.6 Å². The summed E-state index contributed by atoms with van der Waals surface area (Å²) in [6.45, 7) is 7.64. The van der Waals surface area contributed by atoms with Gasteiger partial charge in [-0.2, -0.15) is 0 Å². The SMILES string of the molecule is Cc1nc(N)ncc1C1=CC(CC(C)(C)C)(S(N)(=O)=O)C(Cl)C=C1. The summed E-state index contributed by atoms with van der Waals surface area (Å²) in [4.78, 5) is 8.13. The fourth-order valence-electron chi connectivity index (χ4n) is 3.00. The maximum Gasteiger partial charge on any atom is 0.220 e. The first-order chi connectivity index (χ1) is 10.9. The first-order valence-corrected chi connectivity index (χ1v) is 9.51. The second kappa shape index (κ2) is 6.13. The molecule has 6 nitrogen and oxygen atoms in total. The molecule has 132 valence electrons. The van der Waals surface area contributed by atoms with Crippen molar-refractivity contribution >= 4 is 33.1 Å². The minimum Gasteiger partial charge on any atom is -0.368 e. The van der Waals surface area contributed by atoms with Crippen molar-refractivity contribution in [3.63, 3.8) is 0 Å². The Morgan fingerprint density at radius 1 is 1.38 bits per heavy atom. The number of nitrogen functional groups attached to an aromatic ring is 1. The van der Waals surface area contributed by atoms with Gasteiger partial charge in [0.1, 0.15) is 4.75 Å². The van der Waals surface area contributed by atoms with E-state index in [2.05, 4.69) is 9.97 Å². The molecule has 8 heteroatoms. The molecule has 0 saturated heterocycles. The molecule has 0 aromatic carbocycles. The molecule has 1 aliphatic rings. The number of rotatable bonds is 3. The van der Waals surface area contributed by atoms with E-state index in [0.717, 1.165) is 0 Å². The first kappa shape index (κ1) is 18.9. The van der Waals surface area contributed by atoms with Crippen molar-refractivity contribution in [1.82, 2.24) is 9.97 Å². The van der Waals surface area contributed by atoms with Gasteiger partial charge in [-0.25, -0.2) is 23.5 Å². The Balaban J connectivity index is 2.66. The zero-order valence-corrected chi connectivity index (χ0v) is 15.8. The van der Waals surface area contributed by atoms with E-state index in [1.807, 2.05) is 20.8 Å². The molecule has 24 heavy (non-hydrogen) atoms. The summed E-state index contributed by atoms with van der Waals surface area (Å²) in [7, 11) is -3.96. The lowest BCUT2D eigenvalue weighted by Gasteiger charge is -2.39. The summed E-state index contributed by atoms with van der Waals surface area (Å²) in [5.74, 6) is 0.166. The van der Waals surface area contributed by atoms with Crippen molar-refractivity contribution in [2.24, 2.45) is 10.6 Å². The van der Waals surface area contributed by atoms with Crippen LogP contribution < -0.4 is 10.9 Å². The van der Waals surface area contributed by atoms with E-state index in [9.17, 15) is 8.42 Å². The average molecular weight is 371 g/mol. The summed E-state index contributed by atoms with van der Waals surface area (Å²) in [5, 5.41) is 4.84. The van der Waals surface area contributed by atoms with Crippen LogP contribution >= 0.6 is 11.6 Å². The Morgan fingerprint density at radius 2 is 2.00 bits per heavy atom. The number of halogens is 1. The molecule has 0 amide bonds. The molecule has 2 rings (SSSR count). The second-order valence-electron chi connectivity index (χ2n) is 7.33. The van der Waals surface area contributed by atoms with Gasteiger partial charge in [0.15, 0.2) is 0 Å². The highest BCUT2D eigenvalue weighted by atomic mass is 35.5. The van der Waals surface area contributed by atoms with Crippen LogP contribution in [-0.2, 0) is 10.0 Å². The third-order valence-corrected chi connectivity index (χ3v) is 6.20. The largest absolute Gasteiger partial charge is 0.368 e. The Kier molecular flexibility index (Phi) is 4.82. The van der Waals surface area contributed by atoms with Crippen LogP contribution in [0, 0.1) is 12.3 Å². The molecule has 2 unspecified atom stereocenters. The van der Waals surface area contributed by atoms with Crippen LogP contribution in [0.1, 0.15) is 38.4 Å². The van der Waals surface area contributed by atoms with Crippen LogP contribution in [0.2, 0.25) is 0 Å². The number of aromatic nitrogens is 2. The van der Waals surface area contributed by atoms with Gasteiger partial charge < -0.3 is 5.73 Å². The molecule has 4 N–H and O–H groups in total. The molecule has 0 fully saturated rings. The van der Waals surface area contributed by atoms with E-state index in [4.69, 9.17) is 22.5 Å². The summed E-state index contributed by atoms with van der Waals surface area (Å²) in [5.41, 5.74) is 7.32. The van der Waals surface area contributed by atoms with E-state index in [-0.39, 0.29) is 17.8 Å². The summed E-state index contributed by atoms with van der Waals surface area (Å²) in [6, 6.07) is 0. The van der Waals surface area contributed by atoms with Gasteiger partial charge in [0.05, 0.1) is 11.1 Å². The van der Waals surface area contributed by atoms with Crippen molar-refractivity contribution in [2.75, 3.05) is 5.73 Å². The van der Waals surface area contributed by atoms with Gasteiger partial charge in [-0.3, -0.25) is 0 Å². The van der Waals surface area contributed by atoms with Crippen molar-refractivity contribution in [3.05, 3.63) is 35.7 Å². The molecule has 1 heterocycles. The van der Waals surface area contributed by atoms with E-state index < -0.39 is 20.1 Å². The summed E-state index contributed by atoms with van der Waals surface area (Å²) >= 11 is 6.41. The molecular weight excluding hydrogens is 348 g/mol. The number of anilines is 1. The lowest BCUT2D eigenvalue weighted by atomic mass is 9.79. The number of nitrogens with zero attached hydrogens (tertiary/aromatic N) is 2. The molecule has 0 saturated carbocycles. The minimum atomic E-state index is -3.96. The third-order valence-electron chi connectivity index (χ3n) is 3.96. The van der Waals surface area contributed by atoms with Gasteiger partial charge in [-0.05, 0) is 24.3 Å². The van der Waals surface area contributed by atoms with Gasteiger partial charge >= 0.3 is 0 Å². The Hall–Kier alpha value is -1.44. The van der Waals surface area contributed by atoms with Gasteiger partial charge in [-0.1, -0.05) is 39.0 Å². The highest BCUT2D eigenvalue weighted by Gasteiger charge is 2.49. The zero-order valence-electron chi connectivity index (χ0n) is 14.2. The van der Waals surface area contributed by atoms with Crippen molar-refractivity contribution in [1.29, 1.82) is 0 Å². The maximum absolute atomic E-state index is 12.5. The predicted octanol–water partition coefficient (Wildman–Crippen LogP) is 2.39. The van der Waals surface area contributed by atoms with Gasteiger partial charge in [0.2, 0.25) is 16.0 Å². The summed E-state index contributed by atoms with van der Waals surface area (Å²) < 4.78 is 23.6. The topological polar surface area (TPSA) is 112 Å². The molecule has 2 atom stereocenters. The average Bonchev–Trinajstić information content (AvgIpc) is 2.39. The smallest absolute Gasteiger partial charge is 0.220 e. The molecule has 0 radical (unpaired) electrons. The van der Waals surface area contributed by atoms with Crippen LogP contribution in [0.5, 0.6) is 0 Å². The zero-order chi connectivity index (χ0) is 18.3. The van der Waals surface area contributed by atoms with E-state index >= 15 is 0 Å². The van der Waals surface area contributed by atoms with Crippen molar-refractivity contribution in [3.8, 4) is 0 Å². The number of aryl methyl sites for hydroxylation is 1. The molecule has 0 bridgehead atoms. The normalized spacial score (nSPS) is 24.8. The maximum atomic E-state index is 12.5. The third kappa shape index (κ3) is 3.63. The fourth-order valence-corrected chi connectivity index (χ4v) is 4.90. The highest BCUT2D eigenvalue weighted by molar-refractivity contribution is 7.90. The highest BCUT2D eigenvalue weighted by Crippen LogP contribution is 2.43. The van der Waals surface area contributed by atoms with Crippen molar-refractivity contribution in [2.45, 2.75) is 44.2 Å². The first-order valence-electron chi connectivity index (χ1n) is 7.53. The number of nitrogens with two attached hydrogens (primary N) is 2. The molecule has 0 aliphatic heterocycles. The van der Waals surface area contributed by atoms with Crippen LogP contribution in [0.15, 0.2) is 24.4 Å². The predicted molar refractivity (Wildman–Crippen MR) is 97.8 cm³/mol. The van der Waals surface area contributed by atoms with Gasteiger partial charge in [0.25, 0.3) is 0 Å². The van der Waals surface area contributed by atoms with Crippen LogP contribution in [-0.4, -0.2) is 28.5 Å². The molecule has 1 aromatic heterocycles. The Bertz CT molecular complexity index is 812. The molecule has 0 spiro atoms. The number of sulfonamides is 1. The van der Waals surface area contributed by atoms with Crippen molar-refractivity contribution < 1.29 is 8.42 Å². The lowest BCUT2D eigenvalue weighted by Crippen LogP contribution is -2.51. The van der Waals surface area contributed by atoms with Crippen LogP contribution in [0.4, 0.5) is 5.95 Å². The number of primary sulfonamides is 1. The number of hydrogen-bond acceptors (Lipinski definition) is 5. The molecular formula is C16H23ClN4O2S. The van der Waals surface area contributed by atoms with Crippen LogP contribution in [0.25, 0.3) is 5.57 Å². The Morgan fingerprint density at radius 3 is 2.50 bits per heavy atom. The quantitative estimate of drug-likeness (QED) is 0.793. The van der Waals surface area contributed by atoms with E-state index in [0.29, 0.717) is 16.8 Å². The number of alkyl halides is 1. The lowest BCUT2D eigenvalue weighted by molar-refractivity contribution is 0.335.